The van der Waals surface area contributed by atoms with Gasteiger partial charge in [0.2, 0.25) is 0 Å². The summed E-state index contributed by atoms with van der Waals surface area (Å²) in [6.07, 6.45) is 84.2. The van der Waals surface area contributed by atoms with Crippen molar-refractivity contribution in [3.05, 3.63) is 85.1 Å². The van der Waals surface area contributed by atoms with E-state index in [9.17, 15) is 19.5 Å². The van der Waals surface area contributed by atoms with Crippen LogP contribution in [-0.4, -0.2) is 87.4 Å². The lowest BCUT2D eigenvalue weighted by molar-refractivity contribution is -0.870. The first-order chi connectivity index (χ1) is 40.6. The van der Waals surface area contributed by atoms with Gasteiger partial charge in [0.05, 0.1) is 34.4 Å². The summed E-state index contributed by atoms with van der Waals surface area (Å²) in [5, 5.41) is 9.73. The standard InChI is InChI=1S/C74H131NO8/c1-6-8-10-12-14-16-18-20-22-24-26-28-29-30-31-32-33-34-35-36-37-38-39-40-41-42-43-45-46-48-50-52-54-56-58-60-62-64-71(76)81-68-70(69-82-74(73(78)79)80-67-66-75(3,4)5)83-72(77)65-63-61-59-57-55-53-51-49-47-44-27-25-23-21-19-17-15-13-11-9-7-2/h9,11,15,17-18,20-21,23-24,26-27,29-30,44,70,74H,6-8,10,12-14,16,19,22,25,28,31-43,45-69H2,1-5H3/p+1/b11-9-,17-15-,20-18-,23-21-,26-24-,30-29-,44-27-. The van der Waals surface area contributed by atoms with Crippen LogP contribution in [-0.2, 0) is 33.3 Å². The zero-order chi connectivity index (χ0) is 60.5. The number of quaternary nitrogens is 1. The van der Waals surface area contributed by atoms with Crippen LogP contribution in [0.5, 0.6) is 0 Å². The molecule has 0 saturated carbocycles. The number of allylic oxidation sites excluding steroid dienone is 14. The van der Waals surface area contributed by atoms with Gasteiger partial charge < -0.3 is 28.5 Å². The third-order valence-electron chi connectivity index (χ3n) is 15.1. The first-order valence-corrected chi connectivity index (χ1v) is 34.8. The Morgan fingerprint density at radius 1 is 0.373 bits per heavy atom. The van der Waals surface area contributed by atoms with E-state index in [0.717, 1.165) is 83.5 Å². The van der Waals surface area contributed by atoms with Crippen LogP contribution in [0.1, 0.15) is 309 Å². The molecule has 0 aliphatic rings. The van der Waals surface area contributed by atoms with Crippen LogP contribution in [0.2, 0.25) is 0 Å². The molecule has 0 aromatic rings. The van der Waals surface area contributed by atoms with E-state index in [1.165, 1.54) is 193 Å². The topological polar surface area (TPSA) is 108 Å². The largest absolute Gasteiger partial charge is 0.477 e. The second kappa shape index (κ2) is 64.5. The van der Waals surface area contributed by atoms with Crippen LogP contribution in [0, 0.1) is 0 Å². The Hall–Kier alpha value is -3.53. The zero-order valence-corrected chi connectivity index (χ0v) is 54.8. The number of likely N-dealkylation sites (N-methyl/N-ethyl adjacent to an activating group) is 1. The van der Waals surface area contributed by atoms with Gasteiger partial charge >= 0.3 is 17.9 Å². The van der Waals surface area contributed by atoms with E-state index in [-0.39, 0.29) is 32.2 Å². The number of carbonyl (C=O) groups excluding carboxylic acids is 2. The Balaban J connectivity index is 4.03. The molecule has 0 rings (SSSR count). The van der Waals surface area contributed by atoms with Crippen molar-refractivity contribution in [1.29, 1.82) is 0 Å². The minimum atomic E-state index is -1.52. The molecule has 0 saturated heterocycles. The van der Waals surface area contributed by atoms with E-state index in [1.54, 1.807) is 0 Å². The molecule has 0 amide bonds. The lowest BCUT2D eigenvalue weighted by Crippen LogP contribution is -2.40. The lowest BCUT2D eigenvalue weighted by Gasteiger charge is -2.25. The van der Waals surface area contributed by atoms with Crippen LogP contribution < -0.4 is 0 Å². The fraction of sp³-hybridized carbons (Fsp3) is 0.770. The molecule has 0 aliphatic carbocycles. The molecule has 1 N–H and O–H groups in total. The fourth-order valence-corrected chi connectivity index (χ4v) is 9.84. The molecule has 0 spiro atoms. The van der Waals surface area contributed by atoms with Gasteiger partial charge in [-0.3, -0.25) is 9.59 Å². The van der Waals surface area contributed by atoms with Gasteiger partial charge in [-0.25, -0.2) is 4.79 Å². The second-order valence-electron chi connectivity index (χ2n) is 24.5. The van der Waals surface area contributed by atoms with Crippen LogP contribution in [0.25, 0.3) is 0 Å². The third kappa shape index (κ3) is 65.9. The molecule has 480 valence electrons. The highest BCUT2D eigenvalue weighted by Gasteiger charge is 2.25. The number of carboxylic acid groups (broad SMARTS) is 1. The molecule has 0 radical (unpaired) electrons. The van der Waals surface area contributed by atoms with Crippen molar-refractivity contribution < 1.29 is 42.9 Å². The summed E-state index contributed by atoms with van der Waals surface area (Å²) in [5.41, 5.74) is 0. The number of esters is 2. The predicted octanol–water partition coefficient (Wildman–Crippen LogP) is 21.5. The molecule has 0 aromatic carbocycles. The highest BCUT2D eigenvalue weighted by atomic mass is 16.7. The zero-order valence-electron chi connectivity index (χ0n) is 54.8. The molecule has 0 aliphatic heterocycles. The van der Waals surface area contributed by atoms with E-state index >= 15 is 0 Å². The predicted molar refractivity (Wildman–Crippen MR) is 355 cm³/mol. The number of hydrogen-bond donors (Lipinski definition) is 1. The Kier molecular flexibility index (Phi) is 61.7. The van der Waals surface area contributed by atoms with Crippen molar-refractivity contribution in [2.75, 3.05) is 47.5 Å². The Labute approximate surface area is 512 Å². The van der Waals surface area contributed by atoms with E-state index in [4.69, 9.17) is 18.9 Å². The maximum absolute atomic E-state index is 12.9. The van der Waals surface area contributed by atoms with Crippen LogP contribution >= 0.6 is 0 Å². The van der Waals surface area contributed by atoms with E-state index in [1.807, 2.05) is 21.1 Å². The lowest BCUT2D eigenvalue weighted by atomic mass is 10.0. The Morgan fingerprint density at radius 2 is 0.687 bits per heavy atom. The number of ether oxygens (including phenoxy) is 4. The number of nitrogens with zero attached hydrogens (tertiary/aromatic N) is 1. The summed E-state index contributed by atoms with van der Waals surface area (Å²) < 4.78 is 23.0. The third-order valence-corrected chi connectivity index (χ3v) is 15.1. The van der Waals surface area contributed by atoms with E-state index in [0.29, 0.717) is 23.9 Å². The highest BCUT2D eigenvalue weighted by Crippen LogP contribution is 2.18. The maximum Gasteiger partial charge on any atom is 0.361 e. The van der Waals surface area contributed by atoms with Gasteiger partial charge in [0.25, 0.3) is 6.29 Å². The molecule has 2 atom stereocenters. The maximum atomic E-state index is 12.9. The van der Waals surface area contributed by atoms with Gasteiger partial charge in [-0.1, -0.05) is 292 Å². The first kappa shape index (κ1) is 79.5. The SMILES string of the molecule is CC/C=C\C/C=C\C/C=C\C/C=C\CCCCCCCCCCC(=O)OC(COC(=O)CCCCCCCCCCCCCCCCCCCCCCCC/C=C\C/C=C\C/C=C\CCCCCCC)COC(OCC[N+](C)(C)C)C(=O)O. The molecule has 0 aromatic heterocycles. The van der Waals surface area contributed by atoms with Gasteiger partial charge in [-0.15, -0.1) is 0 Å². The summed E-state index contributed by atoms with van der Waals surface area (Å²) in [6.45, 7) is 4.77. The average molecular weight is 1160 g/mol. The van der Waals surface area contributed by atoms with Crippen LogP contribution in [0.3, 0.4) is 0 Å². The molecule has 9 nitrogen and oxygen atoms in total. The van der Waals surface area contributed by atoms with Crippen molar-refractivity contribution in [1.82, 2.24) is 0 Å². The minimum absolute atomic E-state index is 0.184. The number of unbranched alkanes of at least 4 members (excludes halogenated alkanes) is 35. The Morgan fingerprint density at radius 3 is 1.02 bits per heavy atom. The number of rotatable bonds is 64. The normalized spacial score (nSPS) is 13.2. The van der Waals surface area contributed by atoms with Crippen LogP contribution in [0.4, 0.5) is 0 Å². The minimum Gasteiger partial charge on any atom is -0.477 e. The van der Waals surface area contributed by atoms with Crippen molar-refractivity contribution >= 4 is 17.9 Å². The quantitative estimate of drug-likeness (QED) is 0.0211. The van der Waals surface area contributed by atoms with Crippen molar-refractivity contribution in [3.8, 4) is 0 Å². The first-order valence-electron chi connectivity index (χ1n) is 34.8. The van der Waals surface area contributed by atoms with Crippen LogP contribution in [0.15, 0.2) is 85.1 Å². The molecule has 0 bridgehead atoms. The summed E-state index contributed by atoms with van der Waals surface area (Å²) >= 11 is 0. The summed E-state index contributed by atoms with van der Waals surface area (Å²) in [7, 11) is 5.97. The molecule has 0 fully saturated rings. The van der Waals surface area contributed by atoms with Gasteiger partial charge in [0.1, 0.15) is 13.2 Å². The molecule has 9 heteroatoms. The molecule has 83 heavy (non-hydrogen) atoms. The summed E-state index contributed by atoms with van der Waals surface area (Å²) in [5.74, 6) is -2.01. The molecule has 0 heterocycles. The fourth-order valence-electron chi connectivity index (χ4n) is 9.84. The number of carbonyl (C=O) groups is 3. The molecular weight excluding hydrogens is 1030 g/mol. The monoisotopic (exact) mass is 1160 g/mol. The molecular formula is C74H132NO8+. The van der Waals surface area contributed by atoms with E-state index < -0.39 is 24.3 Å². The molecule has 2 unspecified atom stereocenters. The smallest absolute Gasteiger partial charge is 0.361 e. The van der Waals surface area contributed by atoms with Gasteiger partial charge in [0, 0.05) is 12.8 Å². The summed E-state index contributed by atoms with van der Waals surface area (Å²) in [6, 6.07) is 0. The number of carboxylic acids is 1. The Bertz CT molecular complexity index is 1640. The van der Waals surface area contributed by atoms with Gasteiger partial charge in [-0.05, 0) is 89.9 Å². The van der Waals surface area contributed by atoms with Crippen molar-refractivity contribution in [2.45, 2.75) is 322 Å². The van der Waals surface area contributed by atoms with Gasteiger partial charge in [-0.2, -0.15) is 0 Å². The van der Waals surface area contributed by atoms with Crippen molar-refractivity contribution in [3.63, 3.8) is 0 Å². The summed E-state index contributed by atoms with van der Waals surface area (Å²) in [4.78, 5) is 37.6. The number of aliphatic carboxylic acids is 1. The van der Waals surface area contributed by atoms with Crippen molar-refractivity contribution in [2.24, 2.45) is 0 Å². The second-order valence-corrected chi connectivity index (χ2v) is 24.5. The number of hydrogen-bond acceptors (Lipinski definition) is 7. The average Bonchev–Trinajstić information content (AvgIpc) is 3.46. The van der Waals surface area contributed by atoms with Gasteiger partial charge in [0.15, 0.2) is 6.10 Å². The highest BCUT2D eigenvalue weighted by molar-refractivity contribution is 5.71. The van der Waals surface area contributed by atoms with E-state index in [2.05, 4.69) is 98.9 Å².